The van der Waals surface area contributed by atoms with Gasteiger partial charge in [0.25, 0.3) is 5.78 Å². The van der Waals surface area contributed by atoms with Gasteiger partial charge >= 0.3 is 6.18 Å². The summed E-state index contributed by atoms with van der Waals surface area (Å²) in [5.41, 5.74) is -0.983. The number of hydrogen-bond donors (Lipinski definition) is 2. The van der Waals surface area contributed by atoms with Crippen LogP contribution in [0.5, 0.6) is 0 Å². The SMILES string of the molecule is OCCN1CCC(CNc2cc(C(F)(F)F)nc3ncnn23)CC1. The van der Waals surface area contributed by atoms with Crippen LogP contribution >= 0.6 is 0 Å². The Hall–Kier alpha value is -1.94. The minimum atomic E-state index is -4.53. The van der Waals surface area contributed by atoms with Crippen molar-refractivity contribution in [2.24, 2.45) is 5.92 Å². The Labute approximate surface area is 136 Å². The number of β-amino-alcohol motifs (C(OH)–C–C–N with tert-alkyl or cyclic N) is 1. The highest BCUT2D eigenvalue weighted by atomic mass is 19.4. The fourth-order valence-electron chi connectivity index (χ4n) is 2.89. The van der Waals surface area contributed by atoms with E-state index in [2.05, 4.69) is 25.3 Å². The molecule has 2 aromatic heterocycles. The number of rotatable bonds is 5. The van der Waals surface area contributed by atoms with Crippen LogP contribution in [0.2, 0.25) is 0 Å². The van der Waals surface area contributed by atoms with E-state index in [1.54, 1.807) is 0 Å². The molecule has 24 heavy (non-hydrogen) atoms. The zero-order chi connectivity index (χ0) is 17.2. The number of fused-ring (bicyclic) bond motifs is 1. The number of nitrogens with zero attached hydrogens (tertiary/aromatic N) is 5. The molecule has 0 spiro atoms. The number of aliphatic hydroxyl groups is 1. The monoisotopic (exact) mass is 344 g/mol. The van der Waals surface area contributed by atoms with Gasteiger partial charge in [-0.3, -0.25) is 0 Å². The molecule has 10 heteroatoms. The summed E-state index contributed by atoms with van der Waals surface area (Å²) in [5.74, 6) is 0.522. The molecule has 0 aromatic carbocycles. The van der Waals surface area contributed by atoms with Gasteiger partial charge in [-0.25, -0.2) is 4.98 Å². The van der Waals surface area contributed by atoms with Gasteiger partial charge in [0, 0.05) is 19.2 Å². The minimum Gasteiger partial charge on any atom is -0.395 e. The van der Waals surface area contributed by atoms with Crippen LogP contribution in [0.1, 0.15) is 18.5 Å². The lowest BCUT2D eigenvalue weighted by atomic mass is 9.97. The molecule has 2 aromatic rings. The van der Waals surface area contributed by atoms with Gasteiger partial charge in [-0.05, 0) is 31.8 Å². The van der Waals surface area contributed by atoms with E-state index in [-0.39, 0.29) is 18.2 Å². The predicted molar refractivity (Wildman–Crippen MR) is 80.5 cm³/mol. The first-order chi connectivity index (χ1) is 11.5. The number of piperidine rings is 1. The zero-order valence-corrected chi connectivity index (χ0v) is 13.0. The molecular weight excluding hydrogens is 325 g/mol. The largest absolute Gasteiger partial charge is 0.433 e. The molecule has 0 saturated carbocycles. The number of halogens is 3. The molecule has 0 amide bonds. The first-order valence-corrected chi connectivity index (χ1v) is 7.82. The van der Waals surface area contributed by atoms with E-state index in [9.17, 15) is 13.2 Å². The summed E-state index contributed by atoms with van der Waals surface area (Å²) in [6.45, 7) is 3.14. The summed E-state index contributed by atoms with van der Waals surface area (Å²) in [4.78, 5) is 9.42. The summed E-state index contributed by atoms with van der Waals surface area (Å²) >= 11 is 0. The lowest BCUT2D eigenvalue weighted by molar-refractivity contribution is -0.141. The molecule has 7 nitrogen and oxygen atoms in total. The Morgan fingerprint density at radius 2 is 2.04 bits per heavy atom. The number of anilines is 1. The van der Waals surface area contributed by atoms with Crippen molar-refractivity contribution in [3.05, 3.63) is 18.1 Å². The molecule has 1 saturated heterocycles. The molecule has 0 radical (unpaired) electrons. The van der Waals surface area contributed by atoms with E-state index in [1.807, 2.05) is 0 Å². The summed E-state index contributed by atoms with van der Waals surface area (Å²) in [6, 6.07) is 0.961. The second-order valence-electron chi connectivity index (χ2n) is 5.89. The third-order valence-electron chi connectivity index (χ3n) is 4.24. The molecule has 132 valence electrons. The summed E-state index contributed by atoms with van der Waals surface area (Å²) in [6.07, 6.45) is -1.48. The van der Waals surface area contributed by atoms with Crippen molar-refractivity contribution in [2.75, 3.05) is 38.1 Å². The van der Waals surface area contributed by atoms with E-state index in [0.717, 1.165) is 32.0 Å². The third-order valence-corrected chi connectivity index (χ3v) is 4.24. The fraction of sp³-hybridized carbons (Fsp3) is 0.643. The van der Waals surface area contributed by atoms with Crippen LogP contribution in [-0.4, -0.2) is 62.4 Å². The predicted octanol–water partition coefficient (Wildman–Crippen LogP) is 1.26. The molecule has 1 fully saturated rings. The Bertz CT molecular complexity index is 681. The number of hydrogen-bond acceptors (Lipinski definition) is 6. The van der Waals surface area contributed by atoms with E-state index in [4.69, 9.17) is 5.11 Å². The maximum atomic E-state index is 12.9. The quantitative estimate of drug-likeness (QED) is 0.850. The van der Waals surface area contributed by atoms with E-state index >= 15 is 0 Å². The second kappa shape index (κ2) is 6.89. The van der Waals surface area contributed by atoms with Gasteiger partial charge in [0.05, 0.1) is 6.61 Å². The normalized spacial score (nSPS) is 17.5. The van der Waals surface area contributed by atoms with Gasteiger partial charge in [-0.15, -0.1) is 0 Å². The maximum absolute atomic E-state index is 12.9. The maximum Gasteiger partial charge on any atom is 0.433 e. The van der Waals surface area contributed by atoms with Crippen molar-refractivity contribution >= 4 is 11.6 Å². The van der Waals surface area contributed by atoms with Crippen molar-refractivity contribution < 1.29 is 18.3 Å². The molecule has 0 bridgehead atoms. The van der Waals surface area contributed by atoms with Gasteiger partial charge < -0.3 is 15.3 Å². The van der Waals surface area contributed by atoms with Gasteiger partial charge in [0.2, 0.25) is 0 Å². The highest BCUT2D eigenvalue weighted by molar-refractivity contribution is 5.45. The van der Waals surface area contributed by atoms with Crippen LogP contribution in [0.15, 0.2) is 12.4 Å². The van der Waals surface area contributed by atoms with Crippen LogP contribution in [0.25, 0.3) is 5.78 Å². The highest BCUT2D eigenvalue weighted by Crippen LogP contribution is 2.29. The Morgan fingerprint density at radius 3 is 2.71 bits per heavy atom. The second-order valence-corrected chi connectivity index (χ2v) is 5.89. The molecule has 0 atom stereocenters. The van der Waals surface area contributed by atoms with E-state index in [0.29, 0.717) is 19.0 Å². The molecule has 2 N–H and O–H groups in total. The standard InChI is InChI=1S/C14H19F3N6O/c15-14(16,17)11-7-12(23-13(21-11)19-9-20-23)18-8-10-1-3-22(4-2-10)5-6-24/h7,9-10,18,24H,1-6,8H2. The van der Waals surface area contributed by atoms with Crippen LogP contribution in [0, 0.1) is 5.92 Å². The first kappa shape index (κ1) is 16.9. The average molecular weight is 344 g/mol. The van der Waals surface area contributed by atoms with Crippen molar-refractivity contribution in [2.45, 2.75) is 19.0 Å². The van der Waals surface area contributed by atoms with Crippen molar-refractivity contribution in [3.63, 3.8) is 0 Å². The highest BCUT2D eigenvalue weighted by Gasteiger charge is 2.34. The van der Waals surface area contributed by atoms with Crippen LogP contribution in [0.3, 0.4) is 0 Å². The van der Waals surface area contributed by atoms with Gasteiger partial charge in [0.15, 0.2) is 5.69 Å². The molecule has 1 aliphatic heterocycles. The van der Waals surface area contributed by atoms with Gasteiger partial charge in [-0.1, -0.05) is 0 Å². The van der Waals surface area contributed by atoms with Gasteiger partial charge in [0.1, 0.15) is 12.1 Å². The number of nitrogens with one attached hydrogen (secondary N) is 1. The summed E-state index contributed by atoms with van der Waals surface area (Å²) in [7, 11) is 0. The lowest BCUT2D eigenvalue weighted by Gasteiger charge is -2.31. The number of aliphatic hydroxyl groups excluding tert-OH is 1. The molecule has 0 unspecified atom stereocenters. The Balaban J connectivity index is 1.68. The van der Waals surface area contributed by atoms with Gasteiger partial charge in [-0.2, -0.15) is 27.8 Å². The topological polar surface area (TPSA) is 78.6 Å². The van der Waals surface area contributed by atoms with Crippen molar-refractivity contribution in [1.82, 2.24) is 24.5 Å². The third kappa shape index (κ3) is 3.75. The zero-order valence-electron chi connectivity index (χ0n) is 13.0. The van der Waals surface area contributed by atoms with Crippen LogP contribution < -0.4 is 5.32 Å². The smallest absolute Gasteiger partial charge is 0.395 e. The Kier molecular flexibility index (Phi) is 4.86. The van der Waals surface area contributed by atoms with E-state index < -0.39 is 11.9 Å². The Morgan fingerprint density at radius 1 is 1.29 bits per heavy atom. The number of alkyl halides is 3. The number of likely N-dealkylation sites (tertiary alicyclic amines) is 1. The van der Waals surface area contributed by atoms with E-state index in [1.165, 1.54) is 10.8 Å². The number of aromatic nitrogens is 4. The summed E-state index contributed by atoms with van der Waals surface area (Å²) < 4.78 is 40.1. The molecular formula is C14H19F3N6O. The van der Waals surface area contributed by atoms with Crippen molar-refractivity contribution in [1.29, 1.82) is 0 Å². The molecule has 0 aliphatic carbocycles. The first-order valence-electron chi connectivity index (χ1n) is 7.82. The summed E-state index contributed by atoms with van der Waals surface area (Å²) in [5, 5.41) is 15.9. The molecule has 3 heterocycles. The van der Waals surface area contributed by atoms with Crippen LogP contribution in [0.4, 0.5) is 19.0 Å². The lowest BCUT2D eigenvalue weighted by Crippen LogP contribution is -2.37. The molecule has 1 aliphatic rings. The average Bonchev–Trinajstić information content (AvgIpc) is 3.02. The van der Waals surface area contributed by atoms with Crippen LogP contribution in [-0.2, 0) is 6.18 Å². The minimum absolute atomic E-state index is 0.0786. The molecule has 3 rings (SSSR count). The van der Waals surface area contributed by atoms with Crippen molar-refractivity contribution in [3.8, 4) is 0 Å². The fourth-order valence-corrected chi connectivity index (χ4v) is 2.89.